The highest BCUT2D eigenvalue weighted by molar-refractivity contribution is 7.70. The van der Waals surface area contributed by atoms with Crippen molar-refractivity contribution in [1.29, 1.82) is 0 Å². The number of rotatable bonds is 2. The second-order valence-electron chi connectivity index (χ2n) is 6.74. The normalized spacial score (nSPS) is 38.7. The highest BCUT2D eigenvalue weighted by Crippen LogP contribution is 2.70. The van der Waals surface area contributed by atoms with Crippen LogP contribution in [0.2, 0.25) is 0 Å². The molecule has 0 saturated carbocycles. The van der Waals surface area contributed by atoms with Crippen LogP contribution in [-0.2, 0) is 14.3 Å². The molecular formula is C16H24O3P2. The van der Waals surface area contributed by atoms with Gasteiger partial charge in [-0.25, -0.2) is 9.59 Å². The number of cyclic esters (lactones) is 2. The van der Waals surface area contributed by atoms with E-state index in [1.165, 1.54) is 25.7 Å². The minimum atomic E-state index is -0.528. The fourth-order valence-electron chi connectivity index (χ4n) is 4.10. The molecule has 5 heteroatoms. The standard InChI is InChI=1S/C16H24O3P2/c1-9-5-6-10(2)20(9)13-14(16(18)19-15(13)17)21-11(3)7-8-12(21)4/h9-12H,5-8H2,1-4H3/t9-,10-,11-,12-/m0/s1. The van der Waals surface area contributed by atoms with E-state index in [-0.39, 0.29) is 11.9 Å². The Hall–Kier alpha value is -0.260. The van der Waals surface area contributed by atoms with Gasteiger partial charge in [0, 0.05) is 0 Å². The van der Waals surface area contributed by atoms with Gasteiger partial charge in [0.1, 0.15) is 0 Å². The van der Waals surface area contributed by atoms with Gasteiger partial charge in [-0.3, -0.25) is 0 Å². The van der Waals surface area contributed by atoms with Crippen molar-refractivity contribution in [1.82, 2.24) is 0 Å². The lowest BCUT2D eigenvalue weighted by molar-refractivity contribution is -0.150. The molecule has 0 unspecified atom stereocenters. The summed E-state index contributed by atoms with van der Waals surface area (Å²) in [6.45, 7) is 8.96. The Balaban J connectivity index is 2.07. The van der Waals surface area contributed by atoms with Crippen LogP contribution in [0.15, 0.2) is 10.6 Å². The van der Waals surface area contributed by atoms with Crippen LogP contribution in [0.3, 0.4) is 0 Å². The molecule has 0 N–H and O–H groups in total. The maximum atomic E-state index is 12.4. The van der Waals surface area contributed by atoms with Crippen molar-refractivity contribution >= 4 is 27.8 Å². The third kappa shape index (κ3) is 2.51. The van der Waals surface area contributed by atoms with Crippen molar-refractivity contribution < 1.29 is 14.3 Å². The van der Waals surface area contributed by atoms with Crippen LogP contribution in [-0.4, -0.2) is 34.6 Å². The van der Waals surface area contributed by atoms with Crippen LogP contribution >= 0.6 is 15.8 Å². The first kappa shape index (κ1) is 15.6. The molecule has 3 aliphatic heterocycles. The van der Waals surface area contributed by atoms with E-state index in [4.69, 9.17) is 4.74 Å². The fourth-order valence-corrected chi connectivity index (χ4v) is 11.2. The van der Waals surface area contributed by atoms with E-state index in [1.54, 1.807) is 0 Å². The molecule has 0 aliphatic carbocycles. The average Bonchev–Trinajstić information content (AvgIpc) is 3.00. The Bertz CT molecular complexity index is 450. The molecule has 0 bridgehead atoms. The van der Waals surface area contributed by atoms with Gasteiger partial charge in [-0.15, -0.1) is 0 Å². The highest BCUT2D eigenvalue weighted by atomic mass is 31.1. The number of ether oxygens (including phenoxy) is 1. The van der Waals surface area contributed by atoms with E-state index in [0.717, 1.165) is 10.6 Å². The molecule has 2 saturated heterocycles. The van der Waals surface area contributed by atoms with Gasteiger partial charge in [0.05, 0.1) is 10.6 Å². The van der Waals surface area contributed by atoms with Crippen molar-refractivity contribution in [3.63, 3.8) is 0 Å². The van der Waals surface area contributed by atoms with Gasteiger partial charge in [-0.2, -0.15) is 0 Å². The Morgan fingerprint density at radius 1 is 0.714 bits per heavy atom. The van der Waals surface area contributed by atoms with Gasteiger partial charge in [0.25, 0.3) is 0 Å². The van der Waals surface area contributed by atoms with Crippen LogP contribution in [0.5, 0.6) is 0 Å². The molecule has 3 heterocycles. The summed E-state index contributed by atoms with van der Waals surface area (Å²) in [5, 5.41) is 1.67. The molecule has 21 heavy (non-hydrogen) atoms. The topological polar surface area (TPSA) is 43.4 Å². The van der Waals surface area contributed by atoms with Gasteiger partial charge in [-0.05, 0) is 48.3 Å². The summed E-state index contributed by atoms with van der Waals surface area (Å²) in [7, 11) is -1.06. The van der Waals surface area contributed by atoms with Gasteiger partial charge in [0.2, 0.25) is 0 Å². The first-order valence-electron chi connectivity index (χ1n) is 7.99. The number of carbonyl (C=O) groups is 2. The minimum Gasteiger partial charge on any atom is -0.386 e. The summed E-state index contributed by atoms with van der Waals surface area (Å²) in [6.07, 6.45) is 4.70. The predicted octanol–water partition coefficient (Wildman–Crippen LogP) is 4.39. The fraction of sp³-hybridized carbons (Fsp3) is 0.750. The zero-order valence-corrected chi connectivity index (χ0v) is 15.0. The molecular weight excluding hydrogens is 302 g/mol. The van der Waals surface area contributed by atoms with E-state index in [9.17, 15) is 9.59 Å². The van der Waals surface area contributed by atoms with E-state index in [0.29, 0.717) is 22.6 Å². The molecule has 3 rings (SSSR count). The van der Waals surface area contributed by atoms with Crippen molar-refractivity contribution in [2.75, 3.05) is 0 Å². The quantitative estimate of drug-likeness (QED) is 0.429. The molecule has 0 aromatic heterocycles. The Labute approximate surface area is 129 Å². The Morgan fingerprint density at radius 2 is 1.00 bits per heavy atom. The van der Waals surface area contributed by atoms with Crippen LogP contribution in [0.25, 0.3) is 0 Å². The lowest BCUT2D eigenvalue weighted by Crippen LogP contribution is -2.08. The van der Waals surface area contributed by atoms with Crippen molar-refractivity contribution in [2.24, 2.45) is 0 Å². The molecule has 4 atom stereocenters. The first-order chi connectivity index (χ1) is 9.91. The summed E-state index contributed by atoms with van der Waals surface area (Å²) < 4.78 is 5.09. The highest BCUT2D eigenvalue weighted by Gasteiger charge is 2.48. The smallest absolute Gasteiger partial charge is 0.347 e. The third-order valence-corrected chi connectivity index (χ3v) is 12.1. The molecule has 3 aliphatic rings. The molecule has 116 valence electrons. The Morgan fingerprint density at radius 3 is 1.29 bits per heavy atom. The number of esters is 2. The van der Waals surface area contributed by atoms with Gasteiger partial charge in [0.15, 0.2) is 0 Å². The monoisotopic (exact) mass is 326 g/mol. The van der Waals surface area contributed by atoms with E-state index >= 15 is 0 Å². The van der Waals surface area contributed by atoms with Crippen LogP contribution in [0.4, 0.5) is 0 Å². The van der Waals surface area contributed by atoms with Gasteiger partial charge < -0.3 is 4.74 Å². The zero-order valence-electron chi connectivity index (χ0n) is 13.3. The third-order valence-electron chi connectivity index (χ3n) is 5.22. The molecule has 0 radical (unpaired) electrons. The van der Waals surface area contributed by atoms with E-state index in [2.05, 4.69) is 27.7 Å². The van der Waals surface area contributed by atoms with E-state index < -0.39 is 15.8 Å². The number of hydrogen-bond acceptors (Lipinski definition) is 3. The maximum absolute atomic E-state index is 12.4. The summed E-state index contributed by atoms with van der Waals surface area (Å²) >= 11 is 0. The molecule has 0 amide bonds. The molecule has 0 spiro atoms. The van der Waals surface area contributed by atoms with Crippen LogP contribution in [0, 0.1) is 0 Å². The van der Waals surface area contributed by atoms with Crippen LogP contribution in [0.1, 0.15) is 53.4 Å². The summed E-state index contributed by atoms with van der Waals surface area (Å²) in [6, 6.07) is 0. The SMILES string of the molecule is C[C@H]1CC[C@H](C)P1C1=C(P2[C@@H](C)CC[C@@H]2C)C(=O)OC1=O. The average molecular weight is 326 g/mol. The predicted molar refractivity (Wildman–Crippen MR) is 88.3 cm³/mol. The molecule has 3 nitrogen and oxygen atoms in total. The second kappa shape index (κ2) is 5.74. The molecule has 2 fully saturated rings. The van der Waals surface area contributed by atoms with Crippen molar-refractivity contribution in [3.05, 3.63) is 10.6 Å². The number of hydrogen-bond donors (Lipinski definition) is 0. The van der Waals surface area contributed by atoms with Gasteiger partial charge >= 0.3 is 11.9 Å². The second-order valence-corrected chi connectivity index (χ2v) is 12.8. The zero-order chi connectivity index (χ0) is 15.3. The summed E-state index contributed by atoms with van der Waals surface area (Å²) in [4.78, 5) is 24.7. The minimum absolute atomic E-state index is 0.310. The summed E-state index contributed by atoms with van der Waals surface area (Å²) in [5.41, 5.74) is 2.17. The Kier molecular flexibility index (Phi) is 4.27. The number of carbonyl (C=O) groups excluding carboxylic acids is 2. The lowest BCUT2D eigenvalue weighted by atomic mass is 10.2. The van der Waals surface area contributed by atoms with Crippen molar-refractivity contribution in [3.8, 4) is 0 Å². The summed E-state index contributed by atoms with van der Waals surface area (Å²) in [5.74, 6) is -0.619. The van der Waals surface area contributed by atoms with Gasteiger partial charge in [-0.1, -0.05) is 43.5 Å². The largest absolute Gasteiger partial charge is 0.386 e. The van der Waals surface area contributed by atoms with E-state index in [1.807, 2.05) is 0 Å². The maximum Gasteiger partial charge on any atom is 0.347 e. The molecule has 0 aromatic carbocycles. The van der Waals surface area contributed by atoms with Crippen molar-refractivity contribution in [2.45, 2.75) is 76.0 Å². The van der Waals surface area contributed by atoms with Crippen LogP contribution < -0.4 is 0 Å². The lowest BCUT2D eigenvalue weighted by Gasteiger charge is -2.25. The molecule has 0 aromatic rings. The first-order valence-corrected chi connectivity index (χ1v) is 10.9.